The maximum Gasteiger partial charge on any atom is 0.251 e. The van der Waals surface area contributed by atoms with Crippen LogP contribution >= 0.6 is 0 Å². The van der Waals surface area contributed by atoms with Gasteiger partial charge in [0.25, 0.3) is 5.91 Å². The molecule has 27 heavy (non-hydrogen) atoms. The maximum atomic E-state index is 12.7. The van der Waals surface area contributed by atoms with Gasteiger partial charge in [0.05, 0.1) is 17.6 Å². The van der Waals surface area contributed by atoms with Crippen molar-refractivity contribution < 1.29 is 4.79 Å². The fraction of sp³-hybridized carbons (Fsp3) is 0.636. The molecule has 1 N–H and O–H groups in total. The van der Waals surface area contributed by atoms with Crippen LogP contribution in [0, 0.1) is 0 Å². The lowest BCUT2D eigenvalue weighted by Crippen LogP contribution is -2.39. The molecule has 0 atom stereocenters. The van der Waals surface area contributed by atoms with Gasteiger partial charge >= 0.3 is 0 Å². The van der Waals surface area contributed by atoms with Crippen LogP contribution in [0.25, 0.3) is 11.0 Å². The van der Waals surface area contributed by atoms with Crippen LogP contribution < -0.4 is 5.32 Å². The zero-order valence-corrected chi connectivity index (χ0v) is 16.1. The minimum Gasteiger partial charge on any atom is -0.349 e. The summed E-state index contributed by atoms with van der Waals surface area (Å²) in [6.45, 7) is 3.08. The molecule has 2 aliphatic carbocycles. The number of benzene rings is 1. The van der Waals surface area contributed by atoms with E-state index in [1.54, 1.807) is 0 Å². The zero-order chi connectivity index (χ0) is 18.2. The number of nitrogens with zero attached hydrogens (tertiary/aromatic N) is 3. The number of hydrogen-bond acceptors (Lipinski definition) is 3. The molecular weight excluding hydrogens is 336 g/mol. The van der Waals surface area contributed by atoms with E-state index in [0.29, 0.717) is 6.04 Å². The van der Waals surface area contributed by atoms with Gasteiger partial charge in [-0.25, -0.2) is 4.98 Å². The van der Waals surface area contributed by atoms with Crippen LogP contribution in [0.5, 0.6) is 0 Å². The first-order valence-corrected chi connectivity index (χ1v) is 10.8. The van der Waals surface area contributed by atoms with Crippen LogP contribution in [0.4, 0.5) is 0 Å². The van der Waals surface area contributed by atoms with Crippen molar-refractivity contribution in [3.05, 3.63) is 29.6 Å². The Morgan fingerprint density at radius 2 is 1.78 bits per heavy atom. The molecule has 1 aliphatic heterocycles. The SMILES string of the molecule is O=C(NC1CCCCC1)c1ccc2c(c1)nc1n2CCN(C2CCCC2)C1. The molecule has 0 spiro atoms. The molecule has 2 aromatic rings. The van der Waals surface area contributed by atoms with E-state index in [9.17, 15) is 4.79 Å². The monoisotopic (exact) mass is 366 g/mol. The van der Waals surface area contributed by atoms with E-state index in [4.69, 9.17) is 4.98 Å². The summed E-state index contributed by atoms with van der Waals surface area (Å²) in [5.74, 6) is 1.22. The summed E-state index contributed by atoms with van der Waals surface area (Å²) in [6, 6.07) is 7.14. The van der Waals surface area contributed by atoms with Crippen LogP contribution in [-0.2, 0) is 13.1 Å². The minimum absolute atomic E-state index is 0.0577. The highest BCUT2D eigenvalue weighted by Crippen LogP contribution is 2.29. The molecule has 0 saturated heterocycles. The third-order valence-corrected chi connectivity index (χ3v) is 6.83. The van der Waals surface area contributed by atoms with Gasteiger partial charge in [-0.15, -0.1) is 0 Å². The lowest BCUT2D eigenvalue weighted by Gasteiger charge is -2.32. The highest BCUT2D eigenvalue weighted by molar-refractivity contribution is 5.97. The van der Waals surface area contributed by atoms with Gasteiger partial charge in [0.15, 0.2) is 0 Å². The number of fused-ring (bicyclic) bond motifs is 3. The normalized spacial score (nSPS) is 22.2. The average molecular weight is 367 g/mol. The third-order valence-electron chi connectivity index (χ3n) is 6.83. The number of carbonyl (C=O) groups is 1. The topological polar surface area (TPSA) is 50.2 Å². The predicted molar refractivity (Wildman–Crippen MR) is 107 cm³/mol. The Morgan fingerprint density at radius 3 is 2.59 bits per heavy atom. The summed E-state index contributed by atoms with van der Waals surface area (Å²) >= 11 is 0. The number of amides is 1. The summed E-state index contributed by atoms with van der Waals surface area (Å²) < 4.78 is 2.35. The molecule has 2 saturated carbocycles. The Bertz CT molecular complexity index is 830. The smallest absolute Gasteiger partial charge is 0.251 e. The number of aromatic nitrogens is 2. The summed E-state index contributed by atoms with van der Waals surface area (Å²) in [5.41, 5.74) is 2.89. The molecule has 2 heterocycles. The van der Waals surface area contributed by atoms with E-state index in [1.165, 1.54) is 50.5 Å². The predicted octanol–water partition coefficient (Wildman–Crippen LogP) is 3.86. The van der Waals surface area contributed by atoms with E-state index in [1.807, 2.05) is 12.1 Å². The number of imidazole rings is 1. The molecule has 0 unspecified atom stereocenters. The van der Waals surface area contributed by atoms with Gasteiger partial charge < -0.3 is 9.88 Å². The number of nitrogens with one attached hydrogen (secondary N) is 1. The standard InChI is InChI=1S/C22H30N4O/c27-22(23-17-6-2-1-3-7-17)16-10-11-20-19(14-16)24-21-15-25(12-13-26(20)21)18-8-4-5-9-18/h10-11,14,17-18H,1-9,12-13,15H2,(H,23,27). The van der Waals surface area contributed by atoms with Crippen LogP contribution in [-0.4, -0.2) is 39.0 Å². The Labute approximate surface area is 161 Å². The lowest BCUT2D eigenvalue weighted by molar-refractivity contribution is 0.0928. The van der Waals surface area contributed by atoms with Gasteiger partial charge in [0.2, 0.25) is 0 Å². The third kappa shape index (κ3) is 3.38. The first-order chi connectivity index (χ1) is 13.3. The molecule has 1 amide bonds. The van der Waals surface area contributed by atoms with Gasteiger partial charge in [-0.2, -0.15) is 0 Å². The summed E-state index contributed by atoms with van der Waals surface area (Å²) in [4.78, 5) is 20.2. The Kier molecular flexibility index (Phi) is 4.64. The van der Waals surface area contributed by atoms with Crippen molar-refractivity contribution in [2.75, 3.05) is 6.54 Å². The highest BCUT2D eigenvalue weighted by atomic mass is 16.1. The first kappa shape index (κ1) is 17.2. The van der Waals surface area contributed by atoms with Crippen LogP contribution in [0.1, 0.15) is 74.0 Å². The lowest BCUT2D eigenvalue weighted by atomic mass is 9.95. The van der Waals surface area contributed by atoms with E-state index in [-0.39, 0.29) is 5.91 Å². The molecule has 0 radical (unpaired) electrons. The van der Waals surface area contributed by atoms with Gasteiger partial charge in [0, 0.05) is 30.7 Å². The molecule has 5 nitrogen and oxygen atoms in total. The largest absolute Gasteiger partial charge is 0.349 e. The van der Waals surface area contributed by atoms with Crippen LogP contribution in [0.2, 0.25) is 0 Å². The summed E-state index contributed by atoms with van der Waals surface area (Å²) in [6.07, 6.45) is 11.4. The van der Waals surface area contributed by atoms with Crippen molar-refractivity contribution in [2.24, 2.45) is 0 Å². The Hall–Kier alpha value is -1.88. The fourth-order valence-corrected chi connectivity index (χ4v) is 5.28. The quantitative estimate of drug-likeness (QED) is 0.897. The van der Waals surface area contributed by atoms with Crippen molar-refractivity contribution in [2.45, 2.75) is 83.0 Å². The fourth-order valence-electron chi connectivity index (χ4n) is 5.28. The molecule has 5 rings (SSSR count). The van der Waals surface area contributed by atoms with Gasteiger partial charge in [0.1, 0.15) is 5.82 Å². The number of hydrogen-bond donors (Lipinski definition) is 1. The summed E-state index contributed by atoms with van der Waals surface area (Å²) in [5, 5.41) is 3.22. The van der Waals surface area contributed by atoms with E-state index >= 15 is 0 Å². The molecular formula is C22H30N4O. The van der Waals surface area contributed by atoms with Crippen LogP contribution in [0.15, 0.2) is 18.2 Å². The average Bonchev–Trinajstić information content (AvgIpc) is 3.35. The molecule has 1 aromatic heterocycles. The second-order valence-electron chi connectivity index (χ2n) is 8.60. The van der Waals surface area contributed by atoms with E-state index in [0.717, 1.165) is 55.4 Å². The second kappa shape index (κ2) is 7.27. The van der Waals surface area contributed by atoms with Gasteiger partial charge in [-0.05, 0) is 43.9 Å². The molecule has 5 heteroatoms. The Balaban J connectivity index is 1.34. The first-order valence-electron chi connectivity index (χ1n) is 10.8. The number of carbonyl (C=O) groups excluding carboxylic acids is 1. The van der Waals surface area contributed by atoms with Crippen molar-refractivity contribution in [1.82, 2.24) is 19.8 Å². The molecule has 3 aliphatic rings. The van der Waals surface area contributed by atoms with Crippen molar-refractivity contribution >= 4 is 16.9 Å². The minimum atomic E-state index is 0.0577. The van der Waals surface area contributed by atoms with Crippen LogP contribution in [0.3, 0.4) is 0 Å². The molecule has 0 bridgehead atoms. The van der Waals surface area contributed by atoms with Gasteiger partial charge in [-0.3, -0.25) is 9.69 Å². The zero-order valence-electron chi connectivity index (χ0n) is 16.1. The maximum absolute atomic E-state index is 12.7. The Morgan fingerprint density at radius 1 is 1.00 bits per heavy atom. The van der Waals surface area contributed by atoms with Crippen molar-refractivity contribution in [3.8, 4) is 0 Å². The second-order valence-corrected chi connectivity index (χ2v) is 8.60. The van der Waals surface area contributed by atoms with E-state index < -0.39 is 0 Å². The van der Waals surface area contributed by atoms with Crippen molar-refractivity contribution in [1.29, 1.82) is 0 Å². The molecule has 2 fully saturated rings. The van der Waals surface area contributed by atoms with Gasteiger partial charge in [-0.1, -0.05) is 32.1 Å². The summed E-state index contributed by atoms with van der Waals surface area (Å²) in [7, 11) is 0. The molecule has 1 aromatic carbocycles. The van der Waals surface area contributed by atoms with E-state index in [2.05, 4.69) is 20.9 Å². The highest BCUT2D eigenvalue weighted by Gasteiger charge is 2.28. The number of rotatable bonds is 3. The van der Waals surface area contributed by atoms with Crippen molar-refractivity contribution in [3.63, 3.8) is 0 Å². The molecule has 144 valence electrons.